The van der Waals surface area contributed by atoms with Gasteiger partial charge in [0, 0.05) is 24.7 Å². The number of para-hydroxylation sites is 1. The van der Waals surface area contributed by atoms with Gasteiger partial charge in [0.05, 0.1) is 5.92 Å². The highest BCUT2D eigenvalue weighted by Crippen LogP contribution is 2.31. The minimum Gasteiger partial charge on any atom is -0.407 e. The highest BCUT2D eigenvalue weighted by Gasteiger charge is 2.35. The average Bonchev–Trinajstić information content (AvgIpc) is 3.34. The number of carbonyl (C=O) groups is 2. The summed E-state index contributed by atoms with van der Waals surface area (Å²) in [6.45, 7) is 0.465. The number of benzene rings is 2. The van der Waals surface area contributed by atoms with Crippen LogP contribution in [0.4, 0.5) is 11.7 Å². The summed E-state index contributed by atoms with van der Waals surface area (Å²) in [5, 5.41) is 10.4. The summed E-state index contributed by atoms with van der Waals surface area (Å²) in [5.74, 6) is -0.224. The Morgan fingerprint density at radius 3 is 2.54 bits per heavy atom. The first-order valence-electron chi connectivity index (χ1n) is 8.92. The van der Waals surface area contributed by atoms with Crippen molar-refractivity contribution in [1.29, 1.82) is 0 Å². The van der Waals surface area contributed by atoms with Crippen molar-refractivity contribution in [2.24, 2.45) is 0 Å². The molecule has 28 heavy (non-hydrogen) atoms. The highest BCUT2D eigenvalue weighted by molar-refractivity contribution is 6.00. The first kappa shape index (κ1) is 17.7. The minimum absolute atomic E-state index is 0.00535. The highest BCUT2D eigenvalue weighted by atomic mass is 16.4. The van der Waals surface area contributed by atoms with Crippen molar-refractivity contribution >= 4 is 29.6 Å². The maximum atomic E-state index is 12.3. The van der Waals surface area contributed by atoms with Gasteiger partial charge in [0.1, 0.15) is 0 Å². The molecule has 0 radical (unpaired) electrons. The smallest absolute Gasteiger partial charge is 0.322 e. The Morgan fingerprint density at radius 1 is 1.07 bits per heavy atom. The monoisotopic (exact) mass is 374 g/mol. The summed E-state index contributed by atoms with van der Waals surface area (Å²) in [7, 11) is 0. The lowest BCUT2D eigenvalue weighted by Crippen LogP contribution is -2.24. The molecule has 0 unspecified atom stereocenters. The Bertz CT molecular complexity index is 999. The first-order valence-corrected chi connectivity index (χ1v) is 8.92. The van der Waals surface area contributed by atoms with Gasteiger partial charge < -0.3 is 9.32 Å². The molecule has 1 aliphatic rings. The zero-order chi connectivity index (χ0) is 19.3. The van der Waals surface area contributed by atoms with E-state index in [9.17, 15) is 9.59 Å². The fraction of sp³-hybridized carbons (Fsp3) is 0.143. The Morgan fingerprint density at radius 2 is 1.79 bits per heavy atom. The third-order valence-electron chi connectivity index (χ3n) is 4.44. The zero-order valence-corrected chi connectivity index (χ0v) is 15.0. The lowest BCUT2D eigenvalue weighted by Gasteiger charge is -2.15. The number of rotatable bonds is 5. The van der Waals surface area contributed by atoms with Crippen LogP contribution >= 0.6 is 0 Å². The number of hydrogen-bond donors (Lipinski definition) is 1. The van der Waals surface area contributed by atoms with Crippen LogP contribution in [0.15, 0.2) is 71.2 Å². The predicted octanol–water partition coefficient (Wildman–Crippen LogP) is 3.24. The van der Waals surface area contributed by atoms with Gasteiger partial charge in [-0.25, -0.2) is 0 Å². The van der Waals surface area contributed by atoms with E-state index in [1.165, 1.54) is 6.08 Å². The van der Waals surface area contributed by atoms with Crippen molar-refractivity contribution in [2.75, 3.05) is 16.8 Å². The van der Waals surface area contributed by atoms with E-state index in [2.05, 4.69) is 15.5 Å². The number of nitrogens with one attached hydrogen (secondary N) is 1. The Balaban J connectivity index is 1.39. The molecule has 1 saturated heterocycles. The molecule has 7 nitrogen and oxygen atoms in total. The van der Waals surface area contributed by atoms with Gasteiger partial charge in [0.2, 0.25) is 11.8 Å². The second-order valence-electron chi connectivity index (χ2n) is 6.42. The Hall–Kier alpha value is -3.74. The van der Waals surface area contributed by atoms with Crippen molar-refractivity contribution in [2.45, 2.75) is 12.3 Å². The topological polar surface area (TPSA) is 88.3 Å². The lowest BCUT2D eigenvalue weighted by atomic mass is 10.1. The molecule has 0 aliphatic carbocycles. The van der Waals surface area contributed by atoms with Crippen molar-refractivity contribution in [1.82, 2.24) is 10.2 Å². The molecule has 1 atom stereocenters. The van der Waals surface area contributed by atoms with Crippen molar-refractivity contribution in [3.05, 3.63) is 78.2 Å². The molecule has 140 valence electrons. The molecule has 1 aromatic heterocycles. The number of anilines is 2. The average molecular weight is 374 g/mol. The SMILES string of the molecule is O=C(/C=C/c1ccccc1)Nc1nnc([C@@H]2CC(=O)N(c3ccccc3)C2)o1. The van der Waals surface area contributed by atoms with Crippen LogP contribution in [0, 0.1) is 0 Å². The molecule has 1 fully saturated rings. The van der Waals surface area contributed by atoms with Gasteiger partial charge in [-0.15, -0.1) is 5.10 Å². The minimum atomic E-state index is -0.368. The molecule has 0 saturated carbocycles. The summed E-state index contributed by atoms with van der Waals surface area (Å²) in [6, 6.07) is 18.9. The van der Waals surface area contributed by atoms with Gasteiger partial charge in [0.25, 0.3) is 5.91 Å². The quantitative estimate of drug-likeness (QED) is 0.693. The van der Waals surface area contributed by atoms with E-state index in [1.54, 1.807) is 11.0 Å². The molecule has 0 spiro atoms. The third-order valence-corrected chi connectivity index (χ3v) is 4.44. The standard InChI is InChI=1S/C21H18N4O3/c26-18(12-11-15-7-3-1-4-8-15)22-21-24-23-20(28-21)16-13-19(27)25(14-16)17-9-5-2-6-10-17/h1-12,16H,13-14H2,(H,22,24,26)/b12-11+/t16-/m1/s1. The molecule has 4 rings (SSSR count). The third kappa shape index (κ3) is 3.98. The zero-order valence-electron chi connectivity index (χ0n) is 15.0. The fourth-order valence-electron chi connectivity index (χ4n) is 3.06. The lowest BCUT2D eigenvalue weighted by molar-refractivity contribution is -0.117. The number of nitrogens with zero attached hydrogens (tertiary/aromatic N) is 3. The summed E-state index contributed by atoms with van der Waals surface area (Å²) >= 11 is 0. The molecule has 0 bridgehead atoms. The Labute approximate surface area is 161 Å². The molecule has 1 N–H and O–H groups in total. The number of hydrogen-bond acceptors (Lipinski definition) is 5. The summed E-state index contributed by atoms with van der Waals surface area (Å²) in [5.41, 5.74) is 1.75. The van der Waals surface area contributed by atoms with Crippen LogP contribution in [0.1, 0.15) is 23.8 Å². The predicted molar refractivity (Wildman–Crippen MR) is 105 cm³/mol. The molecular weight excluding hydrogens is 356 g/mol. The van der Waals surface area contributed by atoms with Gasteiger partial charge in [-0.05, 0) is 23.8 Å². The van der Waals surface area contributed by atoms with Gasteiger partial charge >= 0.3 is 6.01 Å². The first-order chi connectivity index (χ1) is 13.7. The van der Waals surface area contributed by atoms with Gasteiger partial charge in [-0.1, -0.05) is 53.6 Å². The Kier molecular flexibility index (Phi) is 4.97. The normalized spacial score (nSPS) is 16.6. The van der Waals surface area contributed by atoms with E-state index in [0.717, 1.165) is 11.3 Å². The van der Waals surface area contributed by atoms with Crippen LogP contribution in [-0.2, 0) is 9.59 Å². The molecule has 1 aliphatic heterocycles. The van der Waals surface area contributed by atoms with E-state index >= 15 is 0 Å². The molecule has 2 aromatic carbocycles. The van der Waals surface area contributed by atoms with Crippen LogP contribution in [0.3, 0.4) is 0 Å². The van der Waals surface area contributed by atoms with Crippen molar-refractivity contribution in [3.8, 4) is 0 Å². The second-order valence-corrected chi connectivity index (χ2v) is 6.42. The van der Waals surface area contributed by atoms with Gasteiger partial charge in [-0.2, -0.15) is 0 Å². The van der Waals surface area contributed by atoms with E-state index in [4.69, 9.17) is 4.42 Å². The van der Waals surface area contributed by atoms with E-state index in [-0.39, 0.29) is 23.7 Å². The van der Waals surface area contributed by atoms with Crippen molar-refractivity contribution < 1.29 is 14.0 Å². The molecule has 3 aromatic rings. The van der Waals surface area contributed by atoms with Crippen LogP contribution in [0.2, 0.25) is 0 Å². The van der Waals surface area contributed by atoms with Gasteiger partial charge in [-0.3, -0.25) is 14.9 Å². The maximum Gasteiger partial charge on any atom is 0.322 e. The number of carbonyl (C=O) groups excluding carboxylic acids is 2. The van der Waals surface area contributed by atoms with E-state index in [0.29, 0.717) is 18.9 Å². The largest absolute Gasteiger partial charge is 0.407 e. The van der Waals surface area contributed by atoms with Crippen LogP contribution in [0.5, 0.6) is 0 Å². The van der Waals surface area contributed by atoms with Crippen LogP contribution in [-0.4, -0.2) is 28.6 Å². The summed E-state index contributed by atoms with van der Waals surface area (Å²) in [6.07, 6.45) is 3.38. The fourth-order valence-corrected chi connectivity index (χ4v) is 3.06. The molecule has 2 heterocycles. The summed E-state index contributed by atoms with van der Waals surface area (Å²) < 4.78 is 5.56. The van der Waals surface area contributed by atoms with Crippen LogP contribution < -0.4 is 10.2 Å². The maximum absolute atomic E-state index is 12.3. The molecular formula is C21H18N4O3. The van der Waals surface area contributed by atoms with E-state index < -0.39 is 0 Å². The number of aromatic nitrogens is 2. The summed E-state index contributed by atoms with van der Waals surface area (Å²) in [4.78, 5) is 26.0. The van der Waals surface area contributed by atoms with E-state index in [1.807, 2.05) is 60.7 Å². The molecule has 2 amide bonds. The van der Waals surface area contributed by atoms with Crippen molar-refractivity contribution in [3.63, 3.8) is 0 Å². The van der Waals surface area contributed by atoms with Crippen LogP contribution in [0.25, 0.3) is 6.08 Å². The second kappa shape index (κ2) is 7.87. The molecule has 7 heteroatoms. The van der Waals surface area contributed by atoms with Gasteiger partial charge in [0.15, 0.2) is 0 Å². The number of amides is 2.